The van der Waals surface area contributed by atoms with Gasteiger partial charge >= 0.3 is 0 Å². The average Bonchev–Trinajstić information content (AvgIpc) is 1.65. The van der Waals surface area contributed by atoms with E-state index >= 15 is 0 Å². The highest BCUT2D eigenvalue weighted by Gasteiger charge is 1.97. The van der Waals surface area contributed by atoms with Crippen molar-refractivity contribution in [1.82, 2.24) is 0 Å². The molecule has 0 rings (SSSR count). The Hall–Kier alpha value is 0.200. The lowest BCUT2D eigenvalue weighted by molar-refractivity contribution is 0.264. The summed E-state index contributed by atoms with van der Waals surface area (Å²) in [6, 6.07) is 0. The molecule has 1 atom stereocenters. The fourth-order valence-corrected chi connectivity index (χ4v) is 0.694. The Labute approximate surface area is 54.8 Å². The third-order valence-corrected chi connectivity index (χ3v) is 1.45. The van der Waals surface area contributed by atoms with Crippen LogP contribution in [-0.4, -0.2) is 20.4 Å². The van der Waals surface area contributed by atoms with Crippen LogP contribution in [0.4, 0.5) is 0 Å². The predicted octanol–water partition coefficient (Wildman–Crippen LogP) is 0.157. The highest BCUT2D eigenvalue weighted by atomic mass is 35.5. The van der Waals surface area contributed by atoms with Crippen molar-refractivity contribution in [1.29, 1.82) is 0 Å². The van der Waals surface area contributed by atoms with E-state index in [0.29, 0.717) is 0 Å². The van der Waals surface area contributed by atoms with Crippen molar-refractivity contribution in [3.8, 4) is 0 Å². The van der Waals surface area contributed by atoms with Crippen molar-refractivity contribution >= 4 is 22.6 Å². The van der Waals surface area contributed by atoms with Gasteiger partial charge in [-0.1, -0.05) is 0 Å². The van der Waals surface area contributed by atoms with Gasteiger partial charge in [-0.15, -0.1) is 11.6 Å². The van der Waals surface area contributed by atoms with Crippen LogP contribution in [0.5, 0.6) is 0 Å². The summed E-state index contributed by atoms with van der Waals surface area (Å²) >= 11 is 5.20. The second-order valence-corrected chi connectivity index (χ2v) is 2.26. The molecule has 0 aliphatic heterocycles. The lowest BCUT2D eigenvalue weighted by atomic mass is 10.5. The van der Waals surface area contributed by atoms with E-state index in [4.69, 9.17) is 11.6 Å². The molecule has 0 aromatic rings. The number of alkyl halides is 1. The summed E-state index contributed by atoms with van der Waals surface area (Å²) < 4.78 is 23.7. The summed E-state index contributed by atoms with van der Waals surface area (Å²) in [6.45, 7) is 1.58. The van der Waals surface area contributed by atoms with Crippen molar-refractivity contribution in [2.45, 2.75) is 13.0 Å². The Morgan fingerprint density at radius 2 is 2.25 bits per heavy atom. The maximum Gasteiger partial charge on any atom is 0.257 e. The van der Waals surface area contributed by atoms with E-state index < -0.39 is 17.1 Å². The van der Waals surface area contributed by atoms with Gasteiger partial charge in [-0.25, -0.2) is 8.42 Å². The first-order valence-electron chi connectivity index (χ1n) is 2.04. The summed E-state index contributed by atoms with van der Waals surface area (Å²) in [6.07, 6.45) is -0.405. The Kier molecular flexibility index (Phi) is 4.22. The summed E-state index contributed by atoms with van der Waals surface area (Å²) in [5.41, 5.74) is 0. The van der Waals surface area contributed by atoms with Crippen LogP contribution in [0, 0.1) is 0 Å². The second-order valence-electron chi connectivity index (χ2n) is 1.29. The van der Waals surface area contributed by atoms with Crippen LogP contribution in [0.25, 0.3) is 0 Å². The number of hydrogen-bond donors (Lipinski definition) is 1. The molecule has 8 heavy (non-hydrogen) atoms. The van der Waals surface area contributed by atoms with Gasteiger partial charge in [0, 0.05) is 5.88 Å². The van der Waals surface area contributed by atoms with E-state index in [9.17, 15) is 8.42 Å². The van der Waals surface area contributed by atoms with E-state index in [0.717, 1.165) is 0 Å². The Balaban J connectivity index is 3.39. The molecule has 0 spiro atoms. The molecule has 0 aromatic carbocycles. The Morgan fingerprint density at radius 3 is 2.38 bits per heavy atom. The molecule has 0 aromatic heterocycles. The fraction of sp³-hybridized carbons (Fsp3) is 1.00. The molecule has 0 N–H and O–H groups in total. The maximum atomic E-state index is 9.72. The second kappa shape index (κ2) is 4.12. The van der Waals surface area contributed by atoms with Crippen LogP contribution >= 0.6 is 11.6 Å². The summed E-state index contributed by atoms with van der Waals surface area (Å²) in [5.74, 6) is 0.198. The van der Waals surface area contributed by atoms with Gasteiger partial charge in [0.25, 0.3) is 11.0 Å². The van der Waals surface area contributed by atoms with Crippen LogP contribution < -0.4 is 0 Å². The zero-order chi connectivity index (χ0) is 6.57. The topological polar surface area (TPSA) is 43.4 Å². The van der Waals surface area contributed by atoms with Crippen molar-refractivity contribution in [3.05, 3.63) is 0 Å². The summed E-state index contributed by atoms with van der Waals surface area (Å²) in [7, 11) is -2.73. The monoisotopic (exact) mass is 158 g/mol. The van der Waals surface area contributed by atoms with Crippen molar-refractivity contribution in [2.24, 2.45) is 0 Å². The molecule has 0 bridgehead atoms. The largest absolute Gasteiger partial charge is 0.268 e. The van der Waals surface area contributed by atoms with Crippen LogP contribution in [-0.2, 0) is 15.2 Å². The molecular formula is C3H7ClO3S. The third kappa shape index (κ3) is 4.36. The van der Waals surface area contributed by atoms with E-state index in [1.165, 1.54) is 0 Å². The minimum Gasteiger partial charge on any atom is -0.268 e. The van der Waals surface area contributed by atoms with Gasteiger partial charge in [-0.2, -0.15) is 0 Å². The molecule has 0 saturated heterocycles. The van der Waals surface area contributed by atoms with Gasteiger partial charge in [-0.3, -0.25) is 4.18 Å². The normalized spacial score (nSPS) is 14.4. The van der Waals surface area contributed by atoms with Gasteiger partial charge in [0.15, 0.2) is 0 Å². The first kappa shape index (κ1) is 8.20. The van der Waals surface area contributed by atoms with E-state index in [1.807, 2.05) is 0 Å². The molecule has 1 unspecified atom stereocenters. The SMILES string of the molecule is CC(CCl)O[SH](=O)=O. The highest BCUT2D eigenvalue weighted by Crippen LogP contribution is 1.91. The predicted molar refractivity (Wildman–Crippen MR) is 31.6 cm³/mol. The van der Waals surface area contributed by atoms with Gasteiger partial charge in [0.2, 0.25) is 0 Å². The Bertz CT molecular complexity index is 114. The fourth-order valence-electron chi connectivity index (χ4n) is 0.175. The molecule has 3 nitrogen and oxygen atoms in total. The number of rotatable bonds is 3. The molecule has 0 aliphatic rings. The minimum absolute atomic E-state index is 0.198. The number of halogens is 1. The van der Waals surface area contributed by atoms with Crippen LogP contribution in [0.15, 0.2) is 0 Å². The minimum atomic E-state index is -2.73. The molecule has 5 heteroatoms. The van der Waals surface area contributed by atoms with Crippen molar-refractivity contribution in [3.63, 3.8) is 0 Å². The van der Waals surface area contributed by atoms with Gasteiger partial charge < -0.3 is 0 Å². The molecular weight excluding hydrogens is 152 g/mol. The molecule has 0 fully saturated rings. The molecule has 0 heterocycles. The van der Waals surface area contributed by atoms with Crippen LogP contribution in [0.3, 0.4) is 0 Å². The van der Waals surface area contributed by atoms with Crippen molar-refractivity contribution in [2.75, 3.05) is 5.88 Å². The number of thiol groups is 1. The third-order valence-electron chi connectivity index (χ3n) is 0.483. The first-order chi connectivity index (χ1) is 3.66. The van der Waals surface area contributed by atoms with Gasteiger partial charge in [0.05, 0.1) is 6.10 Å². The maximum absolute atomic E-state index is 9.72. The quantitative estimate of drug-likeness (QED) is 0.470. The Morgan fingerprint density at radius 1 is 1.75 bits per heavy atom. The lowest BCUT2D eigenvalue weighted by Gasteiger charge is -1.98. The highest BCUT2D eigenvalue weighted by molar-refractivity contribution is 7.67. The zero-order valence-corrected chi connectivity index (χ0v) is 5.98. The van der Waals surface area contributed by atoms with E-state index in [-0.39, 0.29) is 5.88 Å². The molecule has 50 valence electrons. The summed E-state index contributed by atoms with van der Waals surface area (Å²) in [4.78, 5) is 0. The lowest BCUT2D eigenvalue weighted by Crippen LogP contribution is -2.07. The zero-order valence-electron chi connectivity index (χ0n) is 4.33. The molecule has 0 radical (unpaired) electrons. The van der Waals surface area contributed by atoms with Crippen molar-refractivity contribution < 1.29 is 12.6 Å². The smallest absolute Gasteiger partial charge is 0.257 e. The van der Waals surface area contributed by atoms with E-state index in [2.05, 4.69) is 4.18 Å². The van der Waals surface area contributed by atoms with Crippen LogP contribution in [0.2, 0.25) is 0 Å². The molecule has 0 amide bonds. The van der Waals surface area contributed by atoms with E-state index in [1.54, 1.807) is 6.92 Å². The first-order valence-corrected chi connectivity index (χ1v) is 3.67. The average molecular weight is 159 g/mol. The summed E-state index contributed by atoms with van der Waals surface area (Å²) in [5, 5.41) is 0. The van der Waals surface area contributed by atoms with Gasteiger partial charge in [0.1, 0.15) is 0 Å². The van der Waals surface area contributed by atoms with Gasteiger partial charge in [-0.05, 0) is 6.92 Å². The molecule has 0 aliphatic carbocycles. The standard InChI is InChI=1S/C3H7ClO3S/c1-3(2-4)7-8(5)6/h3,8H,2H2,1H3. The molecule has 0 saturated carbocycles. The van der Waals surface area contributed by atoms with Crippen LogP contribution in [0.1, 0.15) is 6.92 Å². The number of hydrogen-bond acceptors (Lipinski definition) is 3.